The highest BCUT2D eigenvalue weighted by Gasteiger charge is 2.28. The standard InChI is InChI=1S/C18H17F4NO4/c1-18(25,12-5-4-11(19)8-13(12)20)9-23-16(24)10-3-6-14(26-2)15(7-10)27-17(21)22/h3-8,17,25H,9H2,1-2H3,(H,23,24). The van der Waals surface area contributed by atoms with E-state index >= 15 is 0 Å². The highest BCUT2D eigenvalue weighted by Crippen LogP contribution is 2.29. The molecular formula is C18H17F4NO4. The van der Waals surface area contributed by atoms with Crippen LogP contribution in [0.2, 0.25) is 0 Å². The van der Waals surface area contributed by atoms with Crippen molar-refractivity contribution in [2.45, 2.75) is 19.1 Å². The van der Waals surface area contributed by atoms with Crippen LogP contribution in [-0.2, 0) is 5.60 Å². The fourth-order valence-corrected chi connectivity index (χ4v) is 2.38. The molecule has 0 aliphatic carbocycles. The van der Waals surface area contributed by atoms with Gasteiger partial charge in [-0.25, -0.2) is 8.78 Å². The average molecular weight is 387 g/mol. The van der Waals surface area contributed by atoms with Gasteiger partial charge in [0.15, 0.2) is 11.5 Å². The van der Waals surface area contributed by atoms with E-state index < -0.39 is 36.3 Å². The smallest absolute Gasteiger partial charge is 0.387 e. The summed E-state index contributed by atoms with van der Waals surface area (Å²) in [6.45, 7) is -2.28. The molecule has 27 heavy (non-hydrogen) atoms. The Morgan fingerprint density at radius 1 is 1.19 bits per heavy atom. The van der Waals surface area contributed by atoms with Gasteiger partial charge in [0.1, 0.15) is 17.2 Å². The maximum atomic E-state index is 13.8. The SMILES string of the molecule is COc1ccc(C(=O)NCC(C)(O)c2ccc(F)cc2F)cc1OC(F)F. The molecular weight excluding hydrogens is 370 g/mol. The zero-order valence-corrected chi connectivity index (χ0v) is 14.4. The van der Waals surface area contributed by atoms with E-state index in [1.54, 1.807) is 0 Å². The Morgan fingerprint density at radius 3 is 2.48 bits per heavy atom. The number of ether oxygens (including phenoxy) is 2. The van der Waals surface area contributed by atoms with Crippen molar-refractivity contribution in [2.75, 3.05) is 13.7 Å². The fraction of sp³-hybridized carbons (Fsp3) is 0.278. The van der Waals surface area contributed by atoms with Crippen LogP contribution < -0.4 is 14.8 Å². The van der Waals surface area contributed by atoms with E-state index in [9.17, 15) is 27.5 Å². The molecule has 0 bridgehead atoms. The van der Waals surface area contributed by atoms with Crippen LogP contribution in [0.15, 0.2) is 36.4 Å². The van der Waals surface area contributed by atoms with E-state index in [0.29, 0.717) is 6.07 Å². The predicted molar refractivity (Wildman–Crippen MR) is 87.9 cm³/mol. The number of rotatable bonds is 7. The van der Waals surface area contributed by atoms with Gasteiger partial charge in [-0.05, 0) is 31.2 Å². The topological polar surface area (TPSA) is 67.8 Å². The van der Waals surface area contributed by atoms with Crippen molar-refractivity contribution in [2.24, 2.45) is 0 Å². The van der Waals surface area contributed by atoms with Crippen molar-refractivity contribution in [3.05, 3.63) is 59.2 Å². The summed E-state index contributed by atoms with van der Waals surface area (Å²) in [6, 6.07) is 6.28. The van der Waals surface area contributed by atoms with Crippen LogP contribution in [0.25, 0.3) is 0 Å². The molecule has 0 fully saturated rings. The Morgan fingerprint density at radius 2 is 1.89 bits per heavy atom. The zero-order chi connectivity index (χ0) is 20.2. The van der Waals surface area contributed by atoms with E-state index in [0.717, 1.165) is 18.2 Å². The summed E-state index contributed by atoms with van der Waals surface area (Å²) in [6.07, 6.45) is 0. The number of hydrogen-bond acceptors (Lipinski definition) is 4. The molecule has 0 aliphatic heterocycles. The minimum Gasteiger partial charge on any atom is -0.493 e. The molecule has 1 amide bonds. The second-order valence-electron chi connectivity index (χ2n) is 5.82. The summed E-state index contributed by atoms with van der Waals surface area (Å²) in [7, 11) is 1.25. The molecule has 9 heteroatoms. The van der Waals surface area contributed by atoms with Crippen LogP contribution in [0.3, 0.4) is 0 Å². The monoisotopic (exact) mass is 387 g/mol. The van der Waals surface area contributed by atoms with Gasteiger partial charge in [0, 0.05) is 17.2 Å². The normalized spacial score (nSPS) is 13.2. The first-order chi connectivity index (χ1) is 12.6. The van der Waals surface area contributed by atoms with Crippen molar-refractivity contribution in [1.82, 2.24) is 5.32 Å². The highest BCUT2D eigenvalue weighted by molar-refractivity contribution is 5.94. The van der Waals surface area contributed by atoms with E-state index in [4.69, 9.17) is 4.74 Å². The minimum atomic E-state index is -3.11. The highest BCUT2D eigenvalue weighted by atomic mass is 19.3. The lowest BCUT2D eigenvalue weighted by Gasteiger charge is -2.25. The Kier molecular flexibility index (Phi) is 6.27. The summed E-state index contributed by atoms with van der Waals surface area (Å²) in [5.74, 6) is -2.82. The molecule has 2 aromatic carbocycles. The first-order valence-corrected chi connectivity index (χ1v) is 7.73. The molecule has 0 saturated heterocycles. The molecule has 1 atom stereocenters. The Hall–Kier alpha value is -2.81. The third-order valence-electron chi connectivity index (χ3n) is 3.75. The number of carbonyl (C=O) groups excluding carboxylic acids is 1. The average Bonchev–Trinajstić information content (AvgIpc) is 2.58. The predicted octanol–water partition coefficient (Wildman–Crippen LogP) is 3.21. The lowest BCUT2D eigenvalue weighted by atomic mass is 9.95. The zero-order valence-electron chi connectivity index (χ0n) is 14.4. The van der Waals surface area contributed by atoms with Gasteiger partial charge in [0.2, 0.25) is 0 Å². The second kappa shape index (κ2) is 8.26. The molecule has 1 unspecified atom stereocenters. The molecule has 146 valence electrons. The number of carbonyl (C=O) groups is 1. The van der Waals surface area contributed by atoms with Crippen LogP contribution in [-0.4, -0.2) is 31.3 Å². The molecule has 0 aliphatic rings. The number of halogens is 4. The second-order valence-corrected chi connectivity index (χ2v) is 5.82. The first kappa shape index (κ1) is 20.5. The molecule has 0 radical (unpaired) electrons. The van der Waals surface area contributed by atoms with Gasteiger partial charge in [0.05, 0.1) is 13.7 Å². The van der Waals surface area contributed by atoms with E-state index in [2.05, 4.69) is 10.1 Å². The molecule has 0 aromatic heterocycles. The Bertz CT molecular complexity index is 827. The summed E-state index contributed by atoms with van der Waals surface area (Å²) in [5, 5.41) is 12.8. The molecule has 0 saturated carbocycles. The largest absolute Gasteiger partial charge is 0.493 e. The fourth-order valence-electron chi connectivity index (χ4n) is 2.38. The lowest BCUT2D eigenvalue weighted by Crippen LogP contribution is -2.39. The van der Waals surface area contributed by atoms with Crippen LogP contribution in [0.4, 0.5) is 17.6 Å². The molecule has 2 N–H and O–H groups in total. The third kappa shape index (κ3) is 5.10. The van der Waals surface area contributed by atoms with E-state index in [1.165, 1.54) is 26.2 Å². The number of methoxy groups -OCH3 is 1. The number of benzene rings is 2. The van der Waals surface area contributed by atoms with Gasteiger partial charge in [0.25, 0.3) is 5.91 Å². The van der Waals surface area contributed by atoms with Gasteiger partial charge in [-0.1, -0.05) is 6.07 Å². The van der Waals surface area contributed by atoms with Gasteiger partial charge < -0.3 is 19.9 Å². The molecule has 0 heterocycles. The molecule has 2 aromatic rings. The van der Waals surface area contributed by atoms with E-state index in [1.807, 2.05) is 0 Å². The lowest BCUT2D eigenvalue weighted by molar-refractivity contribution is -0.0512. The summed E-state index contributed by atoms with van der Waals surface area (Å²) >= 11 is 0. The van der Waals surface area contributed by atoms with Gasteiger partial charge in [-0.2, -0.15) is 8.78 Å². The number of alkyl halides is 2. The number of hydrogen-bond donors (Lipinski definition) is 2. The number of nitrogens with one attached hydrogen (secondary N) is 1. The quantitative estimate of drug-likeness (QED) is 0.716. The minimum absolute atomic E-state index is 0.00669. The molecule has 2 rings (SSSR count). The number of aliphatic hydroxyl groups is 1. The third-order valence-corrected chi connectivity index (χ3v) is 3.75. The van der Waals surface area contributed by atoms with Gasteiger partial charge in [-0.3, -0.25) is 4.79 Å². The summed E-state index contributed by atoms with van der Waals surface area (Å²) in [4.78, 5) is 12.2. The number of amides is 1. The Labute approximate surface area is 152 Å². The maximum Gasteiger partial charge on any atom is 0.387 e. The van der Waals surface area contributed by atoms with Crippen molar-refractivity contribution in [1.29, 1.82) is 0 Å². The maximum absolute atomic E-state index is 13.8. The summed E-state index contributed by atoms with van der Waals surface area (Å²) in [5.41, 5.74) is -2.08. The van der Waals surface area contributed by atoms with Gasteiger partial charge in [-0.15, -0.1) is 0 Å². The van der Waals surface area contributed by atoms with Crippen molar-refractivity contribution in [3.63, 3.8) is 0 Å². The van der Waals surface area contributed by atoms with Crippen molar-refractivity contribution in [3.8, 4) is 11.5 Å². The first-order valence-electron chi connectivity index (χ1n) is 7.73. The molecule has 0 spiro atoms. The van der Waals surface area contributed by atoms with Crippen LogP contribution >= 0.6 is 0 Å². The Balaban J connectivity index is 2.14. The van der Waals surface area contributed by atoms with Gasteiger partial charge >= 0.3 is 6.61 Å². The van der Waals surface area contributed by atoms with Crippen LogP contribution in [0.1, 0.15) is 22.8 Å². The van der Waals surface area contributed by atoms with Crippen molar-refractivity contribution >= 4 is 5.91 Å². The van der Waals surface area contributed by atoms with Crippen LogP contribution in [0, 0.1) is 11.6 Å². The van der Waals surface area contributed by atoms with Crippen molar-refractivity contribution < 1.29 is 36.9 Å². The van der Waals surface area contributed by atoms with E-state index in [-0.39, 0.29) is 22.6 Å². The van der Waals surface area contributed by atoms with Crippen LogP contribution in [0.5, 0.6) is 11.5 Å². The molecule has 5 nitrogen and oxygen atoms in total. The summed E-state index contributed by atoms with van der Waals surface area (Å²) < 4.78 is 60.9.